The van der Waals surface area contributed by atoms with Crippen LogP contribution in [0.25, 0.3) is 0 Å². The number of hydrogen-bond donors (Lipinski definition) is 1. The van der Waals surface area contributed by atoms with Crippen molar-refractivity contribution in [2.75, 3.05) is 25.5 Å². The molecule has 0 aliphatic carbocycles. The van der Waals surface area contributed by atoms with Crippen LogP contribution >= 0.6 is 0 Å². The first-order chi connectivity index (χ1) is 15.5. The Morgan fingerprint density at radius 2 is 1.84 bits per heavy atom. The number of likely N-dealkylation sites (tertiary alicyclic amines) is 1. The molecule has 0 unspecified atom stereocenters. The van der Waals surface area contributed by atoms with Crippen molar-refractivity contribution in [3.8, 4) is 5.75 Å². The number of methoxy groups -OCH3 is 1. The van der Waals surface area contributed by atoms with Gasteiger partial charge in [-0.3, -0.25) is 9.59 Å². The highest BCUT2D eigenvalue weighted by atomic mass is 16.5. The lowest BCUT2D eigenvalue weighted by Crippen LogP contribution is -2.39. The van der Waals surface area contributed by atoms with Crippen LogP contribution in [0.1, 0.15) is 51.3 Å². The maximum absolute atomic E-state index is 12.7. The Kier molecular flexibility index (Phi) is 6.16. The third-order valence-electron chi connectivity index (χ3n) is 5.75. The van der Waals surface area contributed by atoms with Gasteiger partial charge in [-0.05, 0) is 44.0 Å². The number of nitrogens with zero attached hydrogens (tertiary/aromatic N) is 5. The molecule has 3 heterocycles. The van der Waals surface area contributed by atoms with Crippen molar-refractivity contribution in [3.63, 3.8) is 0 Å². The summed E-state index contributed by atoms with van der Waals surface area (Å²) in [6, 6.07) is 7.13. The first kappa shape index (κ1) is 21.5. The maximum Gasteiger partial charge on any atom is 0.289 e. The lowest BCUT2D eigenvalue weighted by Gasteiger charge is -2.31. The van der Waals surface area contributed by atoms with Gasteiger partial charge in [0.2, 0.25) is 0 Å². The van der Waals surface area contributed by atoms with Gasteiger partial charge in [0.15, 0.2) is 5.82 Å². The summed E-state index contributed by atoms with van der Waals surface area (Å²) in [6.45, 7) is 3.06. The first-order valence-corrected chi connectivity index (χ1v) is 10.5. The average molecular weight is 435 g/mol. The van der Waals surface area contributed by atoms with E-state index in [0.29, 0.717) is 41.7 Å². The molecular weight excluding hydrogens is 408 g/mol. The molecule has 1 N–H and O–H groups in total. The number of nitrogens with one attached hydrogen (secondary N) is 1. The number of carbonyl (C=O) groups is 2. The van der Waals surface area contributed by atoms with Gasteiger partial charge in [0, 0.05) is 50.3 Å². The molecule has 0 saturated carbocycles. The summed E-state index contributed by atoms with van der Waals surface area (Å²) in [6.07, 6.45) is 6.52. The molecular formula is C23H26N6O3. The minimum absolute atomic E-state index is 0.0569. The second-order valence-electron chi connectivity index (χ2n) is 7.84. The molecule has 0 bridgehead atoms. The zero-order valence-corrected chi connectivity index (χ0v) is 18.4. The van der Waals surface area contributed by atoms with E-state index in [1.807, 2.05) is 18.9 Å². The third kappa shape index (κ3) is 4.46. The van der Waals surface area contributed by atoms with Crippen molar-refractivity contribution in [1.82, 2.24) is 24.4 Å². The van der Waals surface area contributed by atoms with E-state index in [0.717, 1.165) is 18.6 Å². The van der Waals surface area contributed by atoms with Crippen molar-refractivity contribution in [3.05, 3.63) is 65.8 Å². The second kappa shape index (κ2) is 9.17. The van der Waals surface area contributed by atoms with Crippen LogP contribution in [0.3, 0.4) is 0 Å². The summed E-state index contributed by atoms with van der Waals surface area (Å²) >= 11 is 0. The molecule has 1 fully saturated rings. The number of hydrogen-bond acceptors (Lipinski definition) is 6. The summed E-state index contributed by atoms with van der Waals surface area (Å²) in [7, 11) is 3.41. The Morgan fingerprint density at radius 3 is 2.44 bits per heavy atom. The van der Waals surface area contributed by atoms with E-state index < -0.39 is 0 Å². The van der Waals surface area contributed by atoms with Gasteiger partial charge in [0.05, 0.1) is 18.4 Å². The number of carbonyl (C=O) groups excluding carboxylic acids is 2. The van der Waals surface area contributed by atoms with E-state index in [1.54, 1.807) is 54.5 Å². The van der Waals surface area contributed by atoms with Crippen molar-refractivity contribution in [1.29, 1.82) is 0 Å². The number of benzene rings is 1. The molecule has 166 valence electrons. The normalized spacial score (nSPS) is 14.3. The zero-order valence-electron chi connectivity index (χ0n) is 18.4. The molecule has 32 heavy (non-hydrogen) atoms. The van der Waals surface area contributed by atoms with Crippen LogP contribution in [-0.4, -0.2) is 56.4 Å². The molecule has 1 aliphatic heterocycles. The van der Waals surface area contributed by atoms with Crippen LogP contribution < -0.4 is 10.1 Å². The Morgan fingerprint density at radius 1 is 1.12 bits per heavy atom. The van der Waals surface area contributed by atoms with Gasteiger partial charge < -0.3 is 19.5 Å². The van der Waals surface area contributed by atoms with Gasteiger partial charge in [-0.25, -0.2) is 15.0 Å². The molecule has 1 aliphatic rings. The fraction of sp³-hybridized carbons (Fsp3) is 0.348. The predicted octanol–water partition coefficient (Wildman–Crippen LogP) is 2.80. The molecule has 1 saturated heterocycles. The minimum atomic E-state index is -0.255. The van der Waals surface area contributed by atoms with Crippen LogP contribution in [-0.2, 0) is 7.05 Å². The van der Waals surface area contributed by atoms with E-state index >= 15 is 0 Å². The monoisotopic (exact) mass is 434 g/mol. The topological polar surface area (TPSA) is 102 Å². The fourth-order valence-corrected chi connectivity index (χ4v) is 3.83. The van der Waals surface area contributed by atoms with Crippen LogP contribution in [0.15, 0.2) is 42.9 Å². The number of piperidine rings is 1. The number of ether oxygens (including phenoxy) is 1. The fourth-order valence-electron chi connectivity index (χ4n) is 3.83. The van der Waals surface area contributed by atoms with Crippen LogP contribution in [0.4, 0.5) is 5.69 Å². The molecule has 9 nitrogen and oxygen atoms in total. The lowest BCUT2D eigenvalue weighted by atomic mass is 9.95. The molecule has 2 aromatic heterocycles. The quantitative estimate of drug-likeness (QED) is 0.663. The summed E-state index contributed by atoms with van der Waals surface area (Å²) in [5.41, 5.74) is 1.74. The lowest BCUT2D eigenvalue weighted by molar-refractivity contribution is 0.0694. The largest absolute Gasteiger partial charge is 0.497 e. The van der Waals surface area contributed by atoms with E-state index in [9.17, 15) is 9.59 Å². The number of aryl methyl sites for hydroxylation is 2. The third-order valence-corrected chi connectivity index (χ3v) is 5.75. The highest BCUT2D eigenvalue weighted by Crippen LogP contribution is 2.27. The van der Waals surface area contributed by atoms with Gasteiger partial charge in [-0.1, -0.05) is 0 Å². The van der Waals surface area contributed by atoms with E-state index in [4.69, 9.17) is 4.74 Å². The van der Waals surface area contributed by atoms with Crippen LogP contribution in [0.5, 0.6) is 5.75 Å². The second-order valence-corrected chi connectivity index (χ2v) is 7.84. The summed E-state index contributed by atoms with van der Waals surface area (Å²) in [5.74, 6) is 1.72. The number of imidazole rings is 1. The van der Waals surface area contributed by atoms with Gasteiger partial charge >= 0.3 is 0 Å². The predicted molar refractivity (Wildman–Crippen MR) is 119 cm³/mol. The SMILES string of the molecule is COc1ccc(NC(=O)c2cnc(C3CCN(C(=O)c4nccn4C)CC3)nc2C)cc1. The molecule has 9 heteroatoms. The van der Waals surface area contributed by atoms with Crippen molar-refractivity contribution in [2.45, 2.75) is 25.7 Å². The van der Waals surface area contributed by atoms with Crippen molar-refractivity contribution >= 4 is 17.5 Å². The van der Waals surface area contributed by atoms with E-state index in [2.05, 4.69) is 20.3 Å². The number of amides is 2. The highest BCUT2D eigenvalue weighted by Gasteiger charge is 2.28. The summed E-state index contributed by atoms with van der Waals surface area (Å²) in [5, 5.41) is 2.86. The Balaban J connectivity index is 1.38. The number of anilines is 1. The average Bonchev–Trinajstić information content (AvgIpc) is 3.25. The zero-order chi connectivity index (χ0) is 22.7. The Bertz CT molecular complexity index is 1120. The maximum atomic E-state index is 12.7. The van der Waals surface area contributed by atoms with Gasteiger partial charge in [0.25, 0.3) is 11.8 Å². The molecule has 0 spiro atoms. The van der Waals surface area contributed by atoms with Gasteiger partial charge in [-0.2, -0.15) is 0 Å². The van der Waals surface area contributed by atoms with Crippen LogP contribution in [0.2, 0.25) is 0 Å². The van der Waals surface area contributed by atoms with E-state index in [1.165, 1.54) is 0 Å². The molecule has 0 radical (unpaired) electrons. The standard InChI is InChI=1S/C23H26N6O3/c1-15-19(22(30)27-17-4-6-18(32-3)7-5-17)14-25-20(26-15)16-8-11-29(12-9-16)23(31)21-24-10-13-28(21)2/h4-7,10,13-14,16H,8-9,11-12H2,1-3H3,(H,27,30). The Hall–Kier alpha value is -3.75. The molecule has 2 amide bonds. The van der Waals surface area contributed by atoms with Crippen molar-refractivity contribution < 1.29 is 14.3 Å². The van der Waals surface area contributed by atoms with Gasteiger partial charge in [-0.15, -0.1) is 0 Å². The Labute approximate surface area is 186 Å². The molecule has 1 aromatic carbocycles. The smallest absolute Gasteiger partial charge is 0.289 e. The van der Waals surface area contributed by atoms with Crippen LogP contribution in [0, 0.1) is 6.92 Å². The van der Waals surface area contributed by atoms with Gasteiger partial charge in [0.1, 0.15) is 11.6 Å². The molecule has 3 aromatic rings. The minimum Gasteiger partial charge on any atom is -0.497 e. The summed E-state index contributed by atoms with van der Waals surface area (Å²) in [4.78, 5) is 40.4. The molecule has 0 atom stereocenters. The first-order valence-electron chi connectivity index (χ1n) is 10.5. The van der Waals surface area contributed by atoms with E-state index in [-0.39, 0.29) is 17.7 Å². The highest BCUT2D eigenvalue weighted by molar-refractivity contribution is 6.04. The van der Waals surface area contributed by atoms with Crippen molar-refractivity contribution in [2.24, 2.45) is 7.05 Å². The molecule has 4 rings (SSSR count). The number of aromatic nitrogens is 4. The summed E-state index contributed by atoms with van der Waals surface area (Å²) < 4.78 is 6.87. The number of rotatable bonds is 5.